The number of aliphatic hydroxyl groups is 1. The fourth-order valence-electron chi connectivity index (χ4n) is 3.96. The zero-order chi connectivity index (χ0) is 9.54. The molecular weight excluding hydrogens is 174 g/mol. The van der Waals surface area contributed by atoms with Gasteiger partial charge in [0.15, 0.2) is 0 Å². The Bertz CT molecular complexity index is 212. The first-order chi connectivity index (χ1) is 6.86. The largest absolute Gasteiger partial charge is 0.392 e. The van der Waals surface area contributed by atoms with Crippen LogP contribution < -0.4 is 0 Å². The summed E-state index contributed by atoms with van der Waals surface area (Å²) >= 11 is 0. The molecule has 14 heavy (non-hydrogen) atoms. The van der Waals surface area contributed by atoms with Crippen molar-refractivity contribution in [3.8, 4) is 0 Å². The second-order valence-electron chi connectivity index (χ2n) is 5.38. The molecule has 2 aliphatic carbocycles. The van der Waals surface area contributed by atoms with Gasteiger partial charge in [0, 0.05) is 12.0 Å². The molecular formula is C12H21NO. The average Bonchev–Trinajstić information content (AvgIpc) is 2.76. The quantitative estimate of drug-likeness (QED) is 0.687. The van der Waals surface area contributed by atoms with Gasteiger partial charge in [0.05, 0.1) is 6.10 Å². The van der Waals surface area contributed by atoms with Crippen LogP contribution in [0.5, 0.6) is 0 Å². The van der Waals surface area contributed by atoms with Crippen molar-refractivity contribution in [2.45, 2.75) is 50.7 Å². The summed E-state index contributed by atoms with van der Waals surface area (Å²) in [5.41, 5.74) is 0. The molecule has 0 aromatic heterocycles. The van der Waals surface area contributed by atoms with Gasteiger partial charge in [-0.25, -0.2) is 0 Å². The van der Waals surface area contributed by atoms with Crippen LogP contribution in [0, 0.1) is 11.8 Å². The zero-order valence-electron chi connectivity index (χ0n) is 8.86. The highest BCUT2D eigenvalue weighted by Crippen LogP contribution is 2.44. The van der Waals surface area contributed by atoms with Crippen molar-refractivity contribution >= 4 is 0 Å². The van der Waals surface area contributed by atoms with Gasteiger partial charge >= 0.3 is 0 Å². The summed E-state index contributed by atoms with van der Waals surface area (Å²) in [6.45, 7) is 2.58. The zero-order valence-corrected chi connectivity index (χ0v) is 8.86. The van der Waals surface area contributed by atoms with Crippen molar-refractivity contribution in [3.63, 3.8) is 0 Å². The summed E-state index contributed by atoms with van der Waals surface area (Å²) in [6.07, 6.45) is 7.99. The summed E-state index contributed by atoms with van der Waals surface area (Å²) < 4.78 is 0. The molecule has 1 aliphatic heterocycles. The standard InChI is InChI=1S/C12H21NO/c14-12-9-3-5-10(12)11(6-4-9)13-7-1-2-8-13/h9-12,14H,1-8H2/t9?,10?,11?,12-/m1/s1. The van der Waals surface area contributed by atoms with E-state index in [0.29, 0.717) is 11.8 Å². The fraction of sp³-hybridized carbons (Fsp3) is 1.00. The molecule has 2 saturated carbocycles. The molecule has 0 spiro atoms. The third kappa shape index (κ3) is 1.31. The highest BCUT2D eigenvalue weighted by atomic mass is 16.3. The van der Waals surface area contributed by atoms with E-state index in [9.17, 15) is 5.11 Å². The molecule has 3 aliphatic rings. The number of aliphatic hydroxyl groups excluding tert-OH is 1. The number of hydrogen-bond acceptors (Lipinski definition) is 2. The molecule has 3 rings (SSSR count). The molecule has 2 heteroatoms. The van der Waals surface area contributed by atoms with Gasteiger partial charge in [-0.3, -0.25) is 0 Å². The minimum Gasteiger partial charge on any atom is -0.392 e. The Balaban J connectivity index is 1.73. The second kappa shape index (κ2) is 3.49. The van der Waals surface area contributed by atoms with Crippen LogP contribution in [0.15, 0.2) is 0 Å². The number of nitrogens with zero attached hydrogens (tertiary/aromatic N) is 1. The maximum absolute atomic E-state index is 10.1. The van der Waals surface area contributed by atoms with Crippen LogP contribution in [-0.2, 0) is 0 Å². The molecule has 0 radical (unpaired) electrons. The van der Waals surface area contributed by atoms with Crippen molar-refractivity contribution in [2.24, 2.45) is 11.8 Å². The van der Waals surface area contributed by atoms with Gasteiger partial charge in [-0.1, -0.05) is 0 Å². The van der Waals surface area contributed by atoms with E-state index in [-0.39, 0.29) is 6.10 Å². The van der Waals surface area contributed by atoms with E-state index in [0.717, 1.165) is 6.04 Å². The average molecular weight is 195 g/mol. The summed E-state index contributed by atoms with van der Waals surface area (Å²) in [5.74, 6) is 1.27. The Morgan fingerprint density at radius 2 is 1.64 bits per heavy atom. The van der Waals surface area contributed by atoms with E-state index in [1.165, 1.54) is 51.6 Å². The molecule has 3 fully saturated rings. The van der Waals surface area contributed by atoms with E-state index in [1.54, 1.807) is 0 Å². The molecule has 2 bridgehead atoms. The molecule has 1 saturated heterocycles. The Labute approximate surface area is 86.3 Å². The van der Waals surface area contributed by atoms with Crippen LogP contribution in [0.25, 0.3) is 0 Å². The van der Waals surface area contributed by atoms with Crippen LogP contribution in [0.1, 0.15) is 38.5 Å². The van der Waals surface area contributed by atoms with E-state index < -0.39 is 0 Å². The summed E-state index contributed by atoms with van der Waals surface area (Å²) in [6, 6.07) is 0.728. The molecule has 0 aromatic carbocycles. The van der Waals surface area contributed by atoms with Crippen molar-refractivity contribution < 1.29 is 5.11 Å². The summed E-state index contributed by atoms with van der Waals surface area (Å²) in [7, 11) is 0. The monoisotopic (exact) mass is 195 g/mol. The lowest BCUT2D eigenvalue weighted by Crippen LogP contribution is -2.45. The van der Waals surface area contributed by atoms with Gasteiger partial charge in [-0.2, -0.15) is 0 Å². The van der Waals surface area contributed by atoms with Crippen LogP contribution in [-0.4, -0.2) is 35.2 Å². The molecule has 3 unspecified atom stereocenters. The Morgan fingerprint density at radius 3 is 2.43 bits per heavy atom. The minimum atomic E-state index is 0.0364. The van der Waals surface area contributed by atoms with Gasteiger partial charge < -0.3 is 10.0 Å². The van der Waals surface area contributed by atoms with Crippen LogP contribution in [0.3, 0.4) is 0 Å². The van der Waals surface area contributed by atoms with E-state index in [4.69, 9.17) is 0 Å². The highest BCUT2D eigenvalue weighted by Gasteiger charge is 2.45. The first-order valence-corrected chi connectivity index (χ1v) is 6.28. The van der Waals surface area contributed by atoms with E-state index in [1.807, 2.05) is 0 Å². The van der Waals surface area contributed by atoms with Gasteiger partial charge in [0.2, 0.25) is 0 Å². The summed E-state index contributed by atoms with van der Waals surface area (Å²) in [4.78, 5) is 2.65. The molecule has 0 amide bonds. The second-order valence-corrected chi connectivity index (χ2v) is 5.38. The fourth-order valence-corrected chi connectivity index (χ4v) is 3.96. The number of likely N-dealkylation sites (tertiary alicyclic amines) is 1. The minimum absolute atomic E-state index is 0.0364. The topological polar surface area (TPSA) is 23.5 Å². The van der Waals surface area contributed by atoms with Gasteiger partial charge in [0.1, 0.15) is 0 Å². The van der Waals surface area contributed by atoms with Crippen LogP contribution in [0.2, 0.25) is 0 Å². The smallest absolute Gasteiger partial charge is 0.0611 e. The predicted octanol–water partition coefficient (Wildman–Crippen LogP) is 1.63. The molecule has 1 heterocycles. The Kier molecular flexibility index (Phi) is 2.29. The SMILES string of the molecule is O[C@@H]1C2CCC1C(N1CCCC1)CC2. The van der Waals surface area contributed by atoms with Crippen molar-refractivity contribution in [1.82, 2.24) is 4.90 Å². The van der Waals surface area contributed by atoms with E-state index in [2.05, 4.69) is 4.90 Å². The maximum Gasteiger partial charge on any atom is 0.0611 e. The van der Waals surface area contributed by atoms with Crippen molar-refractivity contribution in [2.75, 3.05) is 13.1 Å². The molecule has 80 valence electrons. The van der Waals surface area contributed by atoms with Gasteiger partial charge in [-0.05, 0) is 57.5 Å². The lowest BCUT2D eigenvalue weighted by Gasteiger charge is -2.39. The molecule has 2 nitrogen and oxygen atoms in total. The first-order valence-electron chi connectivity index (χ1n) is 6.28. The Morgan fingerprint density at radius 1 is 0.929 bits per heavy atom. The maximum atomic E-state index is 10.1. The Hall–Kier alpha value is -0.0800. The van der Waals surface area contributed by atoms with Crippen molar-refractivity contribution in [1.29, 1.82) is 0 Å². The first kappa shape index (κ1) is 9.17. The lowest BCUT2D eigenvalue weighted by atomic mass is 9.81. The predicted molar refractivity (Wildman–Crippen MR) is 56.0 cm³/mol. The van der Waals surface area contributed by atoms with E-state index >= 15 is 0 Å². The van der Waals surface area contributed by atoms with Gasteiger partial charge in [0.25, 0.3) is 0 Å². The number of rotatable bonds is 1. The number of hydrogen-bond donors (Lipinski definition) is 1. The summed E-state index contributed by atoms with van der Waals surface area (Å²) in [5, 5.41) is 10.1. The normalized spacial score (nSPS) is 48.6. The third-order valence-corrected chi connectivity index (χ3v) is 4.73. The van der Waals surface area contributed by atoms with Crippen LogP contribution in [0.4, 0.5) is 0 Å². The van der Waals surface area contributed by atoms with Gasteiger partial charge in [-0.15, -0.1) is 0 Å². The number of fused-ring (bicyclic) bond motifs is 2. The molecule has 1 N–H and O–H groups in total. The third-order valence-electron chi connectivity index (χ3n) is 4.73. The highest BCUT2D eigenvalue weighted by molar-refractivity contribution is 4.98. The van der Waals surface area contributed by atoms with Crippen molar-refractivity contribution in [3.05, 3.63) is 0 Å². The van der Waals surface area contributed by atoms with Crippen LogP contribution >= 0.6 is 0 Å². The molecule has 0 aromatic rings. The lowest BCUT2D eigenvalue weighted by molar-refractivity contribution is 0.00634. The molecule has 4 atom stereocenters.